The van der Waals surface area contributed by atoms with E-state index in [2.05, 4.69) is 31.3 Å². The van der Waals surface area contributed by atoms with Gasteiger partial charge in [0.15, 0.2) is 5.82 Å². The normalized spacial score (nSPS) is 14.5. The van der Waals surface area contributed by atoms with Gasteiger partial charge in [-0.3, -0.25) is 4.79 Å². The van der Waals surface area contributed by atoms with Crippen molar-refractivity contribution in [3.63, 3.8) is 0 Å². The first kappa shape index (κ1) is 18.2. The molecule has 144 valence electrons. The zero-order chi connectivity index (χ0) is 19.7. The largest absolute Gasteiger partial charge is 0.339 e. The second kappa shape index (κ2) is 7.47. The Morgan fingerprint density at radius 1 is 1.21 bits per heavy atom. The van der Waals surface area contributed by atoms with Crippen LogP contribution >= 0.6 is 11.3 Å². The Bertz CT molecular complexity index is 1060. The number of aromatic nitrogens is 6. The summed E-state index contributed by atoms with van der Waals surface area (Å²) >= 11 is 1.47. The van der Waals surface area contributed by atoms with Crippen molar-refractivity contribution in [3.05, 3.63) is 28.3 Å². The number of aryl methyl sites for hydroxylation is 3. The highest BCUT2D eigenvalue weighted by atomic mass is 32.1. The zero-order valence-electron chi connectivity index (χ0n) is 15.7. The smallest absolute Gasteiger partial charge is 0.234 e. The average molecular weight is 397 g/mol. The molecule has 4 rings (SSSR count). The lowest BCUT2D eigenvalue weighted by Crippen LogP contribution is -2.49. The number of hydrogen-bond acceptors (Lipinski definition) is 9. The van der Waals surface area contributed by atoms with Gasteiger partial charge in [-0.05, 0) is 19.9 Å². The van der Waals surface area contributed by atoms with Gasteiger partial charge in [0.1, 0.15) is 16.8 Å². The third-order valence-corrected chi connectivity index (χ3v) is 5.57. The van der Waals surface area contributed by atoms with E-state index in [1.165, 1.54) is 11.3 Å². The molecule has 10 nitrogen and oxygen atoms in total. The standard InChI is InChI=1S/C17H19N9OS/c1-11-9-13(10-18)20-16(19-11)25-7-5-24(6-8-25)15(27)4-3-14-23-26-12(2)21-22-17(26)28-14/h9H,3-8H2,1-2H3. The molecule has 3 aromatic rings. The third kappa shape index (κ3) is 3.63. The van der Waals surface area contributed by atoms with Gasteiger partial charge < -0.3 is 9.80 Å². The van der Waals surface area contributed by atoms with E-state index < -0.39 is 0 Å². The lowest BCUT2D eigenvalue weighted by atomic mass is 10.2. The Morgan fingerprint density at radius 2 is 2.00 bits per heavy atom. The van der Waals surface area contributed by atoms with Crippen LogP contribution in [0.3, 0.4) is 0 Å². The van der Waals surface area contributed by atoms with Gasteiger partial charge in [0.2, 0.25) is 16.8 Å². The summed E-state index contributed by atoms with van der Waals surface area (Å²) in [5, 5.41) is 22.4. The zero-order valence-corrected chi connectivity index (χ0v) is 16.5. The molecular formula is C17H19N9OS. The van der Waals surface area contributed by atoms with Crippen LogP contribution in [0.4, 0.5) is 5.95 Å². The van der Waals surface area contributed by atoms with Gasteiger partial charge in [0, 0.05) is 44.7 Å². The first-order valence-corrected chi connectivity index (χ1v) is 9.81. The van der Waals surface area contributed by atoms with Crippen molar-refractivity contribution in [2.75, 3.05) is 31.1 Å². The van der Waals surface area contributed by atoms with Crippen LogP contribution in [-0.2, 0) is 11.2 Å². The van der Waals surface area contributed by atoms with Crippen molar-refractivity contribution in [3.8, 4) is 6.07 Å². The van der Waals surface area contributed by atoms with Gasteiger partial charge in [-0.2, -0.15) is 14.9 Å². The van der Waals surface area contributed by atoms with Gasteiger partial charge in [-0.15, -0.1) is 10.2 Å². The molecule has 0 radical (unpaired) electrons. The SMILES string of the molecule is Cc1cc(C#N)nc(N2CCN(C(=O)CCc3nn4c(C)nnc4s3)CC2)n1. The lowest BCUT2D eigenvalue weighted by molar-refractivity contribution is -0.131. The number of anilines is 1. The van der Waals surface area contributed by atoms with E-state index in [0.717, 1.165) is 21.5 Å². The van der Waals surface area contributed by atoms with E-state index in [4.69, 9.17) is 5.26 Å². The van der Waals surface area contributed by atoms with Crippen LogP contribution < -0.4 is 4.90 Å². The molecule has 11 heteroatoms. The first-order chi connectivity index (χ1) is 13.5. The maximum absolute atomic E-state index is 12.6. The molecule has 0 saturated carbocycles. The summed E-state index contributed by atoms with van der Waals surface area (Å²) in [6.07, 6.45) is 1.02. The molecule has 0 aliphatic carbocycles. The predicted molar refractivity (Wildman–Crippen MR) is 102 cm³/mol. The molecule has 1 saturated heterocycles. The van der Waals surface area contributed by atoms with Crippen LogP contribution in [0.25, 0.3) is 4.96 Å². The molecule has 0 atom stereocenters. The van der Waals surface area contributed by atoms with E-state index in [-0.39, 0.29) is 5.91 Å². The van der Waals surface area contributed by atoms with E-state index in [9.17, 15) is 4.79 Å². The van der Waals surface area contributed by atoms with Crippen LogP contribution in [0.5, 0.6) is 0 Å². The van der Waals surface area contributed by atoms with Gasteiger partial charge in [0.05, 0.1) is 0 Å². The summed E-state index contributed by atoms with van der Waals surface area (Å²) < 4.78 is 1.71. The van der Waals surface area contributed by atoms with Crippen molar-refractivity contribution in [2.45, 2.75) is 26.7 Å². The highest BCUT2D eigenvalue weighted by Gasteiger charge is 2.23. The van der Waals surface area contributed by atoms with Crippen LogP contribution in [0.15, 0.2) is 6.07 Å². The number of carbonyl (C=O) groups excluding carboxylic acids is 1. The fourth-order valence-electron chi connectivity index (χ4n) is 3.13. The molecule has 0 N–H and O–H groups in total. The van der Waals surface area contributed by atoms with Crippen LogP contribution in [0, 0.1) is 25.2 Å². The maximum Gasteiger partial charge on any atom is 0.234 e. The summed E-state index contributed by atoms with van der Waals surface area (Å²) in [6.45, 7) is 6.22. The van der Waals surface area contributed by atoms with Gasteiger partial charge in [-0.25, -0.2) is 9.97 Å². The summed E-state index contributed by atoms with van der Waals surface area (Å²) in [5.74, 6) is 1.42. The van der Waals surface area contributed by atoms with Crippen molar-refractivity contribution < 1.29 is 4.79 Å². The summed E-state index contributed by atoms with van der Waals surface area (Å²) in [5.41, 5.74) is 1.13. The second-order valence-electron chi connectivity index (χ2n) is 6.61. The maximum atomic E-state index is 12.6. The number of nitriles is 1. The number of rotatable bonds is 4. The molecule has 4 heterocycles. The number of amides is 1. The number of nitrogens with zero attached hydrogens (tertiary/aromatic N) is 9. The first-order valence-electron chi connectivity index (χ1n) is 9.00. The summed E-state index contributed by atoms with van der Waals surface area (Å²) in [4.78, 5) is 25.9. The average Bonchev–Trinajstić information content (AvgIpc) is 3.27. The molecule has 0 spiro atoms. The fraction of sp³-hybridized carbons (Fsp3) is 0.471. The van der Waals surface area contributed by atoms with Crippen LogP contribution in [-0.4, -0.2) is 66.8 Å². The molecule has 3 aromatic heterocycles. The Kier molecular flexibility index (Phi) is 4.87. The number of fused-ring (bicyclic) bond motifs is 1. The predicted octanol–water partition coefficient (Wildman–Crippen LogP) is 0.746. The van der Waals surface area contributed by atoms with Crippen molar-refractivity contribution >= 4 is 28.2 Å². The molecule has 1 aliphatic heterocycles. The van der Waals surface area contributed by atoms with Crippen LogP contribution in [0.2, 0.25) is 0 Å². The topological polar surface area (TPSA) is 116 Å². The molecule has 0 bridgehead atoms. The molecule has 28 heavy (non-hydrogen) atoms. The molecule has 1 aliphatic rings. The number of piperazine rings is 1. The molecule has 1 fully saturated rings. The third-order valence-electron chi connectivity index (χ3n) is 4.61. The monoisotopic (exact) mass is 397 g/mol. The lowest BCUT2D eigenvalue weighted by Gasteiger charge is -2.34. The number of hydrogen-bond donors (Lipinski definition) is 0. The van der Waals surface area contributed by atoms with Crippen molar-refractivity contribution in [2.24, 2.45) is 0 Å². The van der Waals surface area contributed by atoms with Gasteiger partial charge in [-0.1, -0.05) is 11.3 Å². The van der Waals surface area contributed by atoms with E-state index in [1.807, 2.05) is 23.6 Å². The fourth-order valence-corrected chi connectivity index (χ4v) is 4.01. The molecule has 1 amide bonds. The number of carbonyl (C=O) groups is 1. The molecule has 0 aromatic carbocycles. The highest BCUT2D eigenvalue weighted by Crippen LogP contribution is 2.17. The van der Waals surface area contributed by atoms with E-state index in [1.54, 1.807) is 10.6 Å². The Balaban J connectivity index is 1.32. The van der Waals surface area contributed by atoms with Crippen molar-refractivity contribution in [1.82, 2.24) is 34.7 Å². The molecule has 0 unspecified atom stereocenters. The Morgan fingerprint density at radius 3 is 2.71 bits per heavy atom. The van der Waals surface area contributed by atoms with Gasteiger partial charge in [0.25, 0.3) is 0 Å². The van der Waals surface area contributed by atoms with Crippen molar-refractivity contribution in [1.29, 1.82) is 5.26 Å². The van der Waals surface area contributed by atoms with E-state index in [0.29, 0.717) is 50.7 Å². The second-order valence-corrected chi connectivity index (χ2v) is 7.65. The Hall–Kier alpha value is -3.13. The minimum Gasteiger partial charge on any atom is -0.339 e. The highest BCUT2D eigenvalue weighted by molar-refractivity contribution is 7.16. The quantitative estimate of drug-likeness (QED) is 0.633. The van der Waals surface area contributed by atoms with Crippen LogP contribution in [0.1, 0.15) is 28.6 Å². The molecular weight excluding hydrogens is 378 g/mol. The van der Waals surface area contributed by atoms with Gasteiger partial charge >= 0.3 is 0 Å². The summed E-state index contributed by atoms with van der Waals surface area (Å²) in [7, 11) is 0. The summed E-state index contributed by atoms with van der Waals surface area (Å²) in [6, 6.07) is 3.72. The Labute approximate surface area is 165 Å². The minimum absolute atomic E-state index is 0.116. The van der Waals surface area contributed by atoms with E-state index >= 15 is 0 Å². The minimum atomic E-state index is 0.116.